The molecule has 154 valence electrons. The number of amides is 1. The van der Waals surface area contributed by atoms with Crippen LogP contribution in [-0.4, -0.2) is 21.6 Å². The van der Waals surface area contributed by atoms with E-state index >= 15 is 0 Å². The Kier molecular flexibility index (Phi) is 6.87. The van der Waals surface area contributed by atoms with Crippen LogP contribution in [0.4, 0.5) is 5.13 Å². The highest BCUT2D eigenvalue weighted by Crippen LogP contribution is 2.29. The van der Waals surface area contributed by atoms with Crippen LogP contribution in [0.3, 0.4) is 0 Å². The van der Waals surface area contributed by atoms with Gasteiger partial charge in [-0.15, -0.1) is 11.3 Å². The number of hydrogen-bond donors (Lipinski definition) is 1. The predicted octanol–water partition coefficient (Wildman–Crippen LogP) is 5.49. The fraction of sp³-hybridized carbons (Fsp3) is 0.391. The Bertz CT molecular complexity index is 929. The van der Waals surface area contributed by atoms with Gasteiger partial charge in [-0.25, -0.2) is 4.98 Å². The van der Waals surface area contributed by atoms with Gasteiger partial charge in [0.15, 0.2) is 5.13 Å². The van der Waals surface area contributed by atoms with Crippen LogP contribution in [0.1, 0.15) is 55.9 Å². The van der Waals surface area contributed by atoms with E-state index < -0.39 is 5.60 Å². The molecule has 0 aliphatic carbocycles. The van der Waals surface area contributed by atoms with Gasteiger partial charge in [0.2, 0.25) is 0 Å². The van der Waals surface area contributed by atoms with E-state index in [9.17, 15) is 4.79 Å². The summed E-state index contributed by atoms with van der Waals surface area (Å²) in [5, 5.41) is 5.46. The zero-order valence-corrected chi connectivity index (χ0v) is 18.3. The van der Waals surface area contributed by atoms with Crippen molar-refractivity contribution in [1.82, 2.24) is 9.55 Å². The molecule has 0 saturated carbocycles. The third-order valence-corrected chi connectivity index (χ3v) is 5.40. The monoisotopic (exact) mass is 411 g/mol. The predicted molar refractivity (Wildman–Crippen MR) is 119 cm³/mol. The topological polar surface area (TPSA) is 56.1 Å². The summed E-state index contributed by atoms with van der Waals surface area (Å²) in [4.78, 5) is 17.3. The second kappa shape index (κ2) is 9.37. The number of hydrogen-bond acceptors (Lipinski definition) is 4. The highest BCUT2D eigenvalue weighted by molar-refractivity contribution is 7.14. The molecule has 1 amide bonds. The Labute approximate surface area is 176 Å². The molecule has 6 heteroatoms. The van der Waals surface area contributed by atoms with Gasteiger partial charge < -0.3 is 9.30 Å². The van der Waals surface area contributed by atoms with Crippen molar-refractivity contribution in [3.05, 3.63) is 71.0 Å². The highest BCUT2D eigenvalue weighted by Gasteiger charge is 2.26. The van der Waals surface area contributed by atoms with Crippen LogP contribution >= 0.6 is 11.3 Å². The number of rotatable bonds is 9. The third kappa shape index (κ3) is 5.78. The number of thiazole rings is 1. The van der Waals surface area contributed by atoms with Crippen LogP contribution in [0.5, 0.6) is 0 Å². The summed E-state index contributed by atoms with van der Waals surface area (Å²) >= 11 is 1.42. The molecule has 2 aromatic heterocycles. The zero-order valence-electron chi connectivity index (χ0n) is 17.5. The van der Waals surface area contributed by atoms with E-state index in [2.05, 4.69) is 34.6 Å². The van der Waals surface area contributed by atoms with Crippen LogP contribution in [-0.2, 0) is 23.3 Å². The molecule has 1 aromatic carbocycles. The van der Waals surface area contributed by atoms with E-state index in [-0.39, 0.29) is 12.0 Å². The first-order valence-corrected chi connectivity index (χ1v) is 10.9. The molecule has 0 saturated heterocycles. The molecule has 3 rings (SSSR count). The van der Waals surface area contributed by atoms with Crippen molar-refractivity contribution in [3.63, 3.8) is 0 Å². The largest absolute Gasteiger partial charge is 0.367 e. The minimum absolute atomic E-state index is 0.101. The molecule has 0 bridgehead atoms. The van der Waals surface area contributed by atoms with E-state index in [1.807, 2.05) is 62.0 Å². The molecule has 2 heterocycles. The lowest BCUT2D eigenvalue weighted by Gasteiger charge is -2.25. The summed E-state index contributed by atoms with van der Waals surface area (Å²) in [6, 6.07) is 14.2. The highest BCUT2D eigenvalue weighted by atomic mass is 32.1. The lowest BCUT2D eigenvalue weighted by Crippen LogP contribution is -2.26. The average molecular weight is 412 g/mol. The van der Waals surface area contributed by atoms with Gasteiger partial charge in [-0.2, -0.15) is 0 Å². The van der Waals surface area contributed by atoms with Gasteiger partial charge in [0.25, 0.3) is 5.91 Å². The molecule has 0 aliphatic heterocycles. The molecule has 1 N–H and O–H groups in total. The van der Waals surface area contributed by atoms with Crippen LogP contribution in [0, 0.1) is 0 Å². The normalized spacial score (nSPS) is 11.8. The standard InChI is InChI=1S/C23H29N3O2S/c1-17(2)28-23(3,4)20-16-29-22(24-20)25-21(27)19-13-9-15-26(19)14-8-12-18-10-6-5-7-11-18/h5-7,9-11,13,15-17H,8,12,14H2,1-4H3,(H,24,25,27). The molecule has 0 atom stereocenters. The minimum Gasteiger partial charge on any atom is -0.367 e. The van der Waals surface area contributed by atoms with E-state index in [0.29, 0.717) is 10.8 Å². The molecule has 29 heavy (non-hydrogen) atoms. The SMILES string of the molecule is CC(C)OC(C)(C)c1csc(NC(=O)c2cccn2CCCc2ccccc2)n1. The van der Waals surface area contributed by atoms with Gasteiger partial charge in [-0.3, -0.25) is 10.1 Å². The fourth-order valence-electron chi connectivity index (χ4n) is 3.33. The van der Waals surface area contributed by atoms with Crippen molar-refractivity contribution in [2.45, 2.75) is 58.8 Å². The van der Waals surface area contributed by atoms with E-state index in [1.54, 1.807) is 0 Å². The smallest absolute Gasteiger partial charge is 0.274 e. The van der Waals surface area contributed by atoms with E-state index in [1.165, 1.54) is 16.9 Å². The summed E-state index contributed by atoms with van der Waals surface area (Å²) in [6.07, 6.45) is 4.01. The number of aromatic nitrogens is 2. The van der Waals surface area contributed by atoms with Crippen molar-refractivity contribution in [2.75, 3.05) is 5.32 Å². The number of carbonyl (C=O) groups excluding carboxylic acids is 1. The van der Waals surface area contributed by atoms with Crippen LogP contribution in [0.25, 0.3) is 0 Å². The molecule has 0 radical (unpaired) electrons. The van der Waals surface area contributed by atoms with Crippen LogP contribution in [0.15, 0.2) is 54.0 Å². The van der Waals surface area contributed by atoms with Gasteiger partial charge in [0.1, 0.15) is 11.3 Å². The van der Waals surface area contributed by atoms with E-state index in [4.69, 9.17) is 4.74 Å². The van der Waals surface area contributed by atoms with E-state index in [0.717, 1.165) is 25.1 Å². The van der Waals surface area contributed by atoms with Gasteiger partial charge in [0, 0.05) is 18.1 Å². The zero-order chi connectivity index (χ0) is 20.9. The Morgan fingerprint density at radius 1 is 1.21 bits per heavy atom. The average Bonchev–Trinajstić information content (AvgIpc) is 3.31. The second-order valence-corrected chi connectivity index (χ2v) is 8.70. The van der Waals surface area contributed by atoms with Gasteiger partial charge in [0.05, 0.1) is 11.8 Å². The van der Waals surface area contributed by atoms with Gasteiger partial charge in [-0.05, 0) is 58.2 Å². The molecular formula is C23H29N3O2S. The maximum atomic E-state index is 12.8. The summed E-state index contributed by atoms with van der Waals surface area (Å²) in [7, 11) is 0. The summed E-state index contributed by atoms with van der Waals surface area (Å²) in [6.45, 7) is 8.78. The van der Waals surface area contributed by atoms with Crippen LogP contribution < -0.4 is 5.32 Å². The molecule has 0 fully saturated rings. The maximum Gasteiger partial charge on any atom is 0.274 e. The second-order valence-electron chi connectivity index (χ2n) is 7.84. The van der Waals surface area contributed by atoms with Gasteiger partial charge in [-0.1, -0.05) is 30.3 Å². The quantitative estimate of drug-likeness (QED) is 0.506. The number of benzene rings is 1. The van der Waals surface area contributed by atoms with Crippen LogP contribution in [0.2, 0.25) is 0 Å². The lowest BCUT2D eigenvalue weighted by molar-refractivity contribution is -0.0623. The molecule has 0 spiro atoms. The number of nitrogens with zero attached hydrogens (tertiary/aromatic N) is 2. The Balaban J connectivity index is 1.60. The first kappa shape index (κ1) is 21.3. The Morgan fingerprint density at radius 3 is 2.69 bits per heavy atom. The lowest BCUT2D eigenvalue weighted by atomic mass is 10.1. The Hall–Kier alpha value is -2.44. The number of aryl methyl sites for hydroxylation is 2. The maximum absolute atomic E-state index is 12.8. The molecule has 0 unspecified atom stereocenters. The first-order chi connectivity index (χ1) is 13.8. The van der Waals surface area contributed by atoms with Crippen molar-refractivity contribution in [1.29, 1.82) is 0 Å². The Morgan fingerprint density at radius 2 is 1.97 bits per heavy atom. The van der Waals surface area contributed by atoms with Crippen molar-refractivity contribution in [2.24, 2.45) is 0 Å². The van der Waals surface area contributed by atoms with Gasteiger partial charge >= 0.3 is 0 Å². The molecule has 3 aromatic rings. The first-order valence-electron chi connectivity index (χ1n) is 9.99. The fourth-order valence-corrected chi connectivity index (χ4v) is 4.19. The number of nitrogens with one attached hydrogen (secondary N) is 1. The summed E-state index contributed by atoms with van der Waals surface area (Å²) in [5.41, 5.74) is 2.29. The van der Waals surface area contributed by atoms with Crippen molar-refractivity contribution >= 4 is 22.4 Å². The summed E-state index contributed by atoms with van der Waals surface area (Å²) in [5.74, 6) is -0.141. The molecular weight excluding hydrogens is 382 g/mol. The minimum atomic E-state index is -0.495. The third-order valence-electron chi connectivity index (χ3n) is 4.64. The molecule has 5 nitrogen and oxygen atoms in total. The number of anilines is 1. The van der Waals surface area contributed by atoms with Crippen molar-refractivity contribution < 1.29 is 9.53 Å². The molecule has 0 aliphatic rings. The summed E-state index contributed by atoms with van der Waals surface area (Å²) < 4.78 is 7.94. The number of ether oxygens (including phenoxy) is 1. The van der Waals surface area contributed by atoms with Crippen molar-refractivity contribution in [3.8, 4) is 0 Å². The number of carbonyl (C=O) groups is 1.